The summed E-state index contributed by atoms with van der Waals surface area (Å²) in [5.74, 6) is -0.481. The average Bonchev–Trinajstić information content (AvgIpc) is 3.68. The molecule has 34 heavy (non-hydrogen) atoms. The Morgan fingerprint density at radius 2 is 1.85 bits per heavy atom. The second-order valence-electron chi connectivity index (χ2n) is 9.31. The molecule has 182 valence electrons. The molecule has 0 spiro atoms. The molecule has 4 rings (SSSR count). The highest BCUT2D eigenvalue weighted by Crippen LogP contribution is 2.33. The average molecular weight is 468 g/mol. The number of unbranched alkanes of at least 4 members (excludes halogenated alkanes) is 1. The molecule has 1 atom stereocenters. The monoisotopic (exact) mass is 467 g/mol. The Bertz CT molecular complexity index is 1150. The number of piperidine rings is 1. The van der Waals surface area contributed by atoms with E-state index in [9.17, 15) is 19.2 Å². The number of hydrogen-bond donors (Lipinski definition) is 2. The number of nitrogens with zero attached hydrogens (tertiary/aromatic N) is 3. The summed E-state index contributed by atoms with van der Waals surface area (Å²) in [6.45, 7) is 3.49. The summed E-state index contributed by atoms with van der Waals surface area (Å²) in [6, 6.07) is 9.36. The van der Waals surface area contributed by atoms with Gasteiger partial charge >= 0.3 is 5.69 Å². The van der Waals surface area contributed by atoms with Gasteiger partial charge in [-0.15, -0.1) is 0 Å². The number of carbonyl (C=O) groups excluding carboxylic acids is 2. The molecule has 3 N–H and O–H groups in total. The minimum atomic E-state index is -0.679. The molecule has 9 nitrogen and oxygen atoms in total. The molecule has 1 aliphatic carbocycles. The van der Waals surface area contributed by atoms with E-state index >= 15 is 0 Å². The number of amides is 2. The van der Waals surface area contributed by atoms with Crippen molar-refractivity contribution >= 4 is 23.3 Å². The van der Waals surface area contributed by atoms with E-state index in [-0.39, 0.29) is 35.8 Å². The van der Waals surface area contributed by atoms with Crippen molar-refractivity contribution in [2.45, 2.75) is 58.5 Å². The molecular weight excluding hydrogens is 434 g/mol. The molecule has 0 bridgehead atoms. The summed E-state index contributed by atoms with van der Waals surface area (Å²) in [4.78, 5) is 57.4. The van der Waals surface area contributed by atoms with Crippen LogP contribution in [0.2, 0.25) is 0 Å². The highest BCUT2D eigenvalue weighted by molar-refractivity contribution is 5.97. The fraction of sp³-hybridized carbons (Fsp3) is 0.520. The Morgan fingerprint density at radius 1 is 1.12 bits per heavy atom. The van der Waals surface area contributed by atoms with E-state index < -0.39 is 17.2 Å². The van der Waals surface area contributed by atoms with E-state index in [1.165, 1.54) is 9.47 Å². The van der Waals surface area contributed by atoms with Crippen LogP contribution in [-0.4, -0.2) is 39.4 Å². The molecule has 2 fully saturated rings. The zero-order valence-electron chi connectivity index (χ0n) is 19.7. The number of benzene rings is 1. The Hall–Kier alpha value is -3.36. The number of nitrogens with two attached hydrogens (primary N) is 1. The molecular formula is C25H33N5O4. The van der Waals surface area contributed by atoms with Crippen molar-refractivity contribution < 1.29 is 9.59 Å². The fourth-order valence-electron chi connectivity index (χ4n) is 4.60. The second kappa shape index (κ2) is 10.3. The van der Waals surface area contributed by atoms with Crippen LogP contribution in [0.15, 0.2) is 39.9 Å². The molecule has 2 aromatic rings. The number of aromatic nitrogens is 2. The van der Waals surface area contributed by atoms with E-state index in [2.05, 4.69) is 4.98 Å². The molecule has 1 saturated heterocycles. The Kier molecular flexibility index (Phi) is 7.19. The number of hydrogen-bond acceptors (Lipinski definition) is 5. The number of rotatable bonds is 8. The summed E-state index contributed by atoms with van der Waals surface area (Å²) in [5.41, 5.74) is 5.93. The lowest BCUT2D eigenvalue weighted by molar-refractivity contribution is -0.136. The van der Waals surface area contributed by atoms with Crippen LogP contribution in [0.1, 0.15) is 51.0 Å². The van der Waals surface area contributed by atoms with Gasteiger partial charge in [0.05, 0.1) is 12.5 Å². The van der Waals surface area contributed by atoms with Crippen LogP contribution < -0.4 is 21.9 Å². The number of H-pyrrole nitrogens is 1. The first-order valence-corrected chi connectivity index (χ1v) is 12.2. The third-order valence-electron chi connectivity index (χ3n) is 6.68. The van der Waals surface area contributed by atoms with Crippen molar-refractivity contribution in [2.75, 3.05) is 23.7 Å². The van der Waals surface area contributed by atoms with Crippen molar-refractivity contribution in [1.82, 2.24) is 14.5 Å². The molecule has 2 heterocycles. The van der Waals surface area contributed by atoms with Gasteiger partial charge in [-0.3, -0.25) is 28.8 Å². The van der Waals surface area contributed by atoms with Crippen LogP contribution in [0.3, 0.4) is 0 Å². The van der Waals surface area contributed by atoms with Gasteiger partial charge in [-0.05, 0) is 37.7 Å². The van der Waals surface area contributed by atoms with Crippen molar-refractivity contribution in [3.63, 3.8) is 0 Å². The van der Waals surface area contributed by atoms with E-state index in [4.69, 9.17) is 5.73 Å². The minimum absolute atomic E-state index is 0.00445. The first-order valence-electron chi connectivity index (χ1n) is 12.2. The lowest BCUT2D eigenvalue weighted by Gasteiger charge is -2.35. The quantitative estimate of drug-likeness (QED) is 0.616. The van der Waals surface area contributed by atoms with Crippen molar-refractivity contribution in [1.29, 1.82) is 0 Å². The summed E-state index contributed by atoms with van der Waals surface area (Å²) in [5, 5.41) is 0. The van der Waals surface area contributed by atoms with Crippen LogP contribution in [0.5, 0.6) is 0 Å². The zero-order chi connectivity index (χ0) is 24.2. The van der Waals surface area contributed by atoms with Crippen LogP contribution in [0, 0.1) is 11.8 Å². The lowest BCUT2D eigenvalue weighted by Crippen LogP contribution is -2.49. The zero-order valence-corrected chi connectivity index (χ0v) is 19.7. The predicted molar refractivity (Wildman–Crippen MR) is 130 cm³/mol. The highest BCUT2D eigenvalue weighted by Gasteiger charge is 2.38. The molecule has 2 amide bonds. The molecule has 1 unspecified atom stereocenters. The standard InChI is InChI=1S/C25H33N5O4/c1-2-3-14-29-21(26)20(22(31)27-25(29)34)30(15-17-8-5-4-6-9-17)24(33)19-10-7-13-28(16-19)23(32)18-11-12-18/h4-6,8-9,18-19H,2-3,7,10-16,26H2,1H3,(H,27,31,34). The number of likely N-dealkylation sites (tertiary alicyclic amines) is 1. The maximum absolute atomic E-state index is 13.9. The summed E-state index contributed by atoms with van der Waals surface area (Å²) < 4.78 is 1.33. The third-order valence-corrected chi connectivity index (χ3v) is 6.68. The van der Waals surface area contributed by atoms with Gasteiger partial charge < -0.3 is 10.6 Å². The minimum Gasteiger partial charge on any atom is -0.383 e. The Morgan fingerprint density at radius 3 is 2.53 bits per heavy atom. The third kappa shape index (κ3) is 5.08. The van der Waals surface area contributed by atoms with E-state index in [0.717, 1.165) is 31.2 Å². The van der Waals surface area contributed by atoms with Gasteiger partial charge in [-0.25, -0.2) is 4.79 Å². The molecule has 9 heteroatoms. The van der Waals surface area contributed by atoms with E-state index in [0.29, 0.717) is 32.5 Å². The topological polar surface area (TPSA) is 121 Å². The number of nitrogens with one attached hydrogen (secondary N) is 1. The van der Waals surface area contributed by atoms with Crippen LogP contribution in [0.4, 0.5) is 11.5 Å². The highest BCUT2D eigenvalue weighted by atomic mass is 16.2. The van der Waals surface area contributed by atoms with Gasteiger partial charge in [0.25, 0.3) is 5.56 Å². The molecule has 0 radical (unpaired) electrons. The molecule has 2 aliphatic rings. The van der Waals surface area contributed by atoms with Gasteiger partial charge in [-0.1, -0.05) is 43.7 Å². The number of aromatic amines is 1. The Labute approximate surface area is 198 Å². The maximum atomic E-state index is 13.9. The lowest BCUT2D eigenvalue weighted by atomic mass is 9.95. The number of anilines is 2. The molecule has 1 aromatic carbocycles. The Balaban J connectivity index is 1.70. The van der Waals surface area contributed by atoms with E-state index in [1.807, 2.05) is 37.3 Å². The van der Waals surface area contributed by atoms with Gasteiger partial charge in [0, 0.05) is 25.6 Å². The SMILES string of the molecule is CCCCn1c(N)c(N(Cc2ccccc2)C(=O)C2CCCN(C(=O)C3CC3)C2)c(=O)[nH]c1=O. The summed E-state index contributed by atoms with van der Waals surface area (Å²) in [7, 11) is 0. The van der Waals surface area contributed by atoms with Gasteiger partial charge in [0.2, 0.25) is 11.8 Å². The number of carbonyl (C=O) groups is 2. The van der Waals surface area contributed by atoms with Gasteiger partial charge in [0.1, 0.15) is 5.82 Å². The predicted octanol–water partition coefficient (Wildman–Crippen LogP) is 2.10. The first kappa shape index (κ1) is 23.8. The van der Waals surface area contributed by atoms with Gasteiger partial charge in [-0.2, -0.15) is 0 Å². The summed E-state index contributed by atoms with van der Waals surface area (Å²) in [6.07, 6.45) is 4.75. The normalized spacial score (nSPS) is 18.0. The maximum Gasteiger partial charge on any atom is 0.330 e. The smallest absolute Gasteiger partial charge is 0.330 e. The molecule has 1 saturated carbocycles. The first-order chi connectivity index (χ1) is 16.4. The summed E-state index contributed by atoms with van der Waals surface area (Å²) >= 11 is 0. The van der Waals surface area contributed by atoms with Crippen LogP contribution in [0.25, 0.3) is 0 Å². The van der Waals surface area contributed by atoms with Crippen LogP contribution >= 0.6 is 0 Å². The van der Waals surface area contributed by atoms with Gasteiger partial charge in [0.15, 0.2) is 5.69 Å². The fourth-order valence-corrected chi connectivity index (χ4v) is 4.60. The van der Waals surface area contributed by atoms with Crippen molar-refractivity contribution in [3.05, 3.63) is 56.7 Å². The molecule has 1 aliphatic heterocycles. The van der Waals surface area contributed by atoms with Crippen LogP contribution in [-0.2, 0) is 22.7 Å². The number of nitrogen functional groups attached to an aromatic ring is 1. The van der Waals surface area contributed by atoms with E-state index in [1.54, 1.807) is 4.90 Å². The molecule has 1 aromatic heterocycles. The van der Waals surface area contributed by atoms with Crippen molar-refractivity contribution in [3.8, 4) is 0 Å². The van der Waals surface area contributed by atoms with Crippen molar-refractivity contribution in [2.24, 2.45) is 11.8 Å². The largest absolute Gasteiger partial charge is 0.383 e. The second-order valence-corrected chi connectivity index (χ2v) is 9.31.